The van der Waals surface area contributed by atoms with E-state index in [0.29, 0.717) is 11.6 Å². The first kappa shape index (κ1) is 12.0. The van der Waals surface area contributed by atoms with E-state index < -0.39 is 0 Å². The Labute approximate surface area is 116 Å². The lowest BCUT2D eigenvalue weighted by Crippen LogP contribution is -2.69. The van der Waals surface area contributed by atoms with Crippen LogP contribution in [0.4, 0.5) is 5.82 Å². The minimum atomic E-state index is 0.139. The molecule has 0 spiro atoms. The van der Waals surface area contributed by atoms with E-state index in [4.69, 9.17) is 10.5 Å². The summed E-state index contributed by atoms with van der Waals surface area (Å²) in [6.45, 7) is 0.836. The van der Waals surface area contributed by atoms with Crippen molar-refractivity contribution in [3.8, 4) is 0 Å². The topological polar surface area (TPSA) is 86.0 Å². The molecule has 0 amide bonds. The molecular formula is C14H17N5O. The van der Waals surface area contributed by atoms with Gasteiger partial charge in [-0.2, -0.15) is 0 Å². The Morgan fingerprint density at radius 1 is 1.25 bits per heavy atom. The van der Waals surface area contributed by atoms with Gasteiger partial charge in [-0.1, -0.05) is 0 Å². The number of aromatic nitrogens is 3. The number of fused-ring (bicyclic) bond motifs is 2. The molecule has 2 aromatic heterocycles. The fourth-order valence-corrected chi connectivity index (χ4v) is 3.23. The van der Waals surface area contributed by atoms with E-state index in [2.05, 4.69) is 20.3 Å². The summed E-state index contributed by atoms with van der Waals surface area (Å²) in [4.78, 5) is 12.9. The molecule has 104 valence electrons. The first-order valence-corrected chi connectivity index (χ1v) is 7.04. The Morgan fingerprint density at radius 3 is 3.10 bits per heavy atom. The lowest BCUT2D eigenvalue weighted by Gasteiger charge is -2.52. The number of hydrogen-bond donors (Lipinski definition) is 2. The SMILES string of the molecule is NC1C2CCCOC2C1Nc1ccc2nccnc2n1. The Bertz CT molecular complexity index is 634. The molecule has 4 atom stereocenters. The molecule has 0 radical (unpaired) electrons. The van der Waals surface area contributed by atoms with Crippen molar-refractivity contribution < 1.29 is 4.74 Å². The van der Waals surface area contributed by atoms with Crippen LogP contribution in [0.5, 0.6) is 0 Å². The van der Waals surface area contributed by atoms with Crippen molar-refractivity contribution in [1.82, 2.24) is 15.0 Å². The summed E-state index contributed by atoms with van der Waals surface area (Å²) < 4.78 is 5.82. The third-order valence-corrected chi connectivity index (χ3v) is 4.32. The molecule has 4 rings (SSSR count). The lowest BCUT2D eigenvalue weighted by molar-refractivity contribution is -0.104. The Hall–Kier alpha value is -1.79. The van der Waals surface area contributed by atoms with E-state index in [1.165, 1.54) is 6.42 Å². The molecule has 1 saturated heterocycles. The summed E-state index contributed by atoms with van der Waals surface area (Å²) in [7, 11) is 0. The second-order valence-electron chi connectivity index (χ2n) is 5.48. The predicted molar refractivity (Wildman–Crippen MR) is 75.2 cm³/mol. The Balaban J connectivity index is 1.55. The molecule has 1 aliphatic carbocycles. The highest BCUT2D eigenvalue weighted by Gasteiger charge is 2.50. The number of hydrogen-bond acceptors (Lipinski definition) is 6. The van der Waals surface area contributed by atoms with Crippen LogP contribution >= 0.6 is 0 Å². The molecule has 2 aromatic rings. The summed E-state index contributed by atoms with van der Waals surface area (Å²) >= 11 is 0. The molecule has 1 saturated carbocycles. The fraction of sp³-hybridized carbons (Fsp3) is 0.500. The van der Waals surface area contributed by atoms with Crippen LogP contribution in [0.3, 0.4) is 0 Å². The van der Waals surface area contributed by atoms with Crippen molar-refractivity contribution in [2.24, 2.45) is 11.7 Å². The minimum Gasteiger partial charge on any atom is -0.376 e. The molecule has 0 bridgehead atoms. The van der Waals surface area contributed by atoms with Crippen LogP contribution in [0.2, 0.25) is 0 Å². The van der Waals surface area contributed by atoms with Crippen molar-refractivity contribution in [2.75, 3.05) is 11.9 Å². The summed E-state index contributed by atoms with van der Waals surface area (Å²) in [5, 5.41) is 3.39. The van der Waals surface area contributed by atoms with Gasteiger partial charge in [0, 0.05) is 31.0 Å². The van der Waals surface area contributed by atoms with Crippen molar-refractivity contribution in [2.45, 2.75) is 31.0 Å². The van der Waals surface area contributed by atoms with Crippen LogP contribution in [0.25, 0.3) is 11.2 Å². The second kappa shape index (κ2) is 4.64. The van der Waals surface area contributed by atoms with Crippen LogP contribution in [0.15, 0.2) is 24.5 Å². The van der Waals surface area contributed by atoms with Crippen molar-refractivity contribution in [3.05, 3.63) is 24.5 Å². The zero-order valence-electron chi connectivity index (χ0n) is 11.1. The van der Waals surface area contributed by atoms with Gasteiger partial charge in [-0.15, -0.1) is 0 Å². The van der Waals surface area contributed by atoms with Gasteiger partial charge in [0.2, 0.25) is 0 Å². The second-order valence-corrected chi connectivity index (χ2v) is 5.48. The minimum absolute atomic E-state index is 0.139. The molecule has 6 heteroatoms. The van der Waals surface area contributed by atoms with Crippen molar-refractivity contribution >= 4 is 17.0 Å². The lowest BCUT2D eigenvalue weighted by atomic mass is 9.68. The zero-order valence-corrected chi connectivity index (χ0v) is 11.1. The predicted octanol–water partition coefficient (Wildman–Crippen LogP) is 0.941. The van der Waals surface area contributed by atoms with Gasteiger partial charge in [0.1, 0.15) is 11.3 Å². The summed E-state index contributed by atoms with van der Waals surface area (Å²) in [6.07, 6.45) is 5.82. The number of nitrogens with two attached hydrogens (primary N) is 1. The van der Waals surface area contributed by atoms with Gasteiger partial charge < -0.3 is 15.8 Å². The fourth-order valence-electron chi connectivity index (χ4n) is 3.23. The van der Waals surface area contributed by atoms with E-state index >= 15 is 0 Å². The van der Waals surface area contributed by atoms with Crippen molar-refractivity contribution in [1.29, 1.82) is 0 Å². The molecule has 3 N–H and O–H groups in total. The largest absolute Gasteiger partial charge is 0.376 e. The first-order chi connectivity index (χ1) is 9.83. The zero-order chi connectivity index (χ0) is 13.5. The van der Waals surface area contributed by atoms with Gasteiger partial charge in [0.15, 0.2) is 5.65 Å². The molecule has 2 fully saturated rings. The van der Waals surface area contributed by atoms with Crippen LogP contribution in [0, 0.1) is 5.92 Å². The van der Waals surface area contributed by atoms with Crippen LogP contribution in [0.1, 0.15) is 12.8 Å². The van der Waals surface area contributed by atoms with Gasteiger partial charge in [0.05, 0.1) is 12.1 Å². The maximum atomic E-state index is 6.24. The number of ether oxygens (including phenoxy) is 1. The maximum absolute atomic E-state index is 6.24. The van der Waals surface area contributed by atoms with Gasteiger partial charge in [-0.25, -0.2) is 9.97 Å². The van der Waals surface area contributed by atoms with Gasteiger partial charge in [-0.05, 0) is 25.0 Å². The van der Waals surface area contributed by atoms with Crippen LogP contribution in [-0.2, 0) is 4.74 Å². The molecule has 20 heavy (non-hydrogen) atoms. The molecule has 3 heterocycles. The molecular weight excluding hydrogens is 254 g/mol. The summed E-state index contributed by atoms with van der Waals surface area (Å²) in [5.74, 6) is 1.27. The van der Waals surface area contributed by atoms with Gasteiger partial charge >= 0.3 is 0 Å². The summed E-state index contributed by atoms with van der Waals surface area (Å²) in [6, 6.07) is 4.11. The third kappa shape index (κ3) is 1.83. The highest BCUT2D eigenvalue weighted by Crippen LogP contribution is 2.38. The number of nitrogens with one attached hydrogen (secondary N) is 1. The molecule has 4 unspecified atom stereocenters. The highest BCUT2D eigenvalue weighted by molar-refractivity contribution is 5.71. The monoisotopic (exact) mass is 271 g/mol. The van der Waals surface area contributed by atoms with Gasteiger partial charge in [0.25, 0.3) is 0 Å². The maximum Gasteiger partial charge on any atom is 0.180 e. The van der Waals surface area contributed by atoms with E-state index in [1.807, 2.05) is 12.1 Å². The van der Waals surface area contributed by atoms with E-state index in [-0.39, 0.29) is 18.2 Å². The standard InChI is InChI=1S/C14H17N5O/c15-11-8-2-1-7-20-13(8)12(11)18-10-4-3-9-14(19-10)17-6-5-16-9/h3-6,8,11-13H,1-2,7,15H2,(H,17,18,19). The molecule has 6 nitrogen and oxygen atoms in total. The first-order valence-electron chi connectivity index (χ1n) is 7.04. The van der Waals surface area contributed by atoms with E-state index in [1.54, 1.807) is 12.4 Å². The quantitative estimate of drug-likeness (QED) is 0.845. The molecule has 2 aliphatic rings. The Kier molecular flexibility index (Phi) is 2.78. The highest BCUT2D eigenvalue weighted by atomic mass is 16.5. The molecule has 1 aliphatic heterocycles. The van der Waals surface area contributed by atoms with E-state index in [0.717, 1.165) is 24.4 Å². The van der Waals surface area contributed by atoms with Gasteiger partial charge in [-0.3, -0.25) is 4.98 Å². The number of anilines is 1. The molecule has 0 aromatic carbocycles. The van der Waals surface area contributed by atoms with Crippen molar-refractivity contribution in [3.63, 3.8) is 0 Å². The number of nitrogens with zero attached hydrogens (tertiary/aromatic N) is 3. The van der Waals surface area contributed by atoms with Crippen LogP contribution in [-0.4, -0.2) is 39.7 Å². The Morgan fingerprint density at radius 2 is 2.15 bits per heavy atom. The average molecular weight is 271 g/mol. The number of rotatable bonds is 2. The van der Waals surface area contributed by atoms with E-state index in [9.17, 15) is 0 Å². The summed E-state index contributed by atoms with van der Waals surface area (Å²) in [5.41, 5.74) is 7.68. The number of pyridine rings is 1. The average Bonchev–Trinajstić information content (AvgIpc) is 2.52. The van der Waals surface area contributed by atoms with Crippen LogP contribution < -0.4 is 11.1 Å². The third-order valence-electron chi connectivity index (χ3n) is 4.32. The normalized spacial score (nSPS) is 32.5. The smallest absolute Gasteiger partial charge is 0.180 e.